The highest BCUT2D eigenvalue weighted by atomic mass is 14.9. The molecule has 0 radical (unpaired) electrons. The van der Waals surface area contributed by atoms with E-state index in [4.69, 9.17) is 5.26 Å². The van der Waals surface area contributed by atoms with Gasteiger partial charge in [0.1, 0.15) is 0 Å². The molecule has 3 nitrogen and oxygen atoms in total. The summed E-state index contributed by atoms with van der Waals surface area (Å²) in [5, 5.41) is 12.0. The van der Waals surface area contributed by atoms with Crippen LogP contribution in [0.3, 0.4) is 0 Å². The zero-order valence-electron chi connectivity index (χ0n) is 8.62. The topological polar surface area (TPSA) is 48.7 Å². The number of hydrogen-bond donors (Lipinski definition) is 1. The predicted molar refractivity (Wildman–Crippen MR) is 55.3 cm³/mol. The van der Waals surface area contributed by atoms with E-state index in [0.717, 1.165) is 5.69 Å². The van der Waals surface area contributed by atoms with Gasteiger partial charge in [-0.2, -0.15) is 5.26 Å². The molecule has 14 heavy (non-hydrogen) atoms. The highest BCUT2D eigenvalue weighted by molar-refractivity contribution is 5.03. The summed E-state index contributed by atoms with van der Waals surface area (Å²) in [5.41, 5.74) is 0.690. The van der Waals surface area contributed by atoms with Crippen LogP contribution in [0.1, 0.15) is 19.5 Å². The minimum Gasteiger partial charge on any atom is -0.310 e. The first-order valence-electron chi connectivity index (χ1n) is 4.66. The Kier molecular flexibility index (Phi) is 3.61. The summed E-state index contributed by atoms with van der Waals surface area (Å²) in [7, 11) is 0. The molecule has 0 aliphatic carbocycles. The van der Waals surface area contributed by atoms with Gasteiger partial charge in [-0.1, -0.05) is 6.07 Å². The molecule has 74 valence electrons. The largest absolute Gasteiger partial charge is 0.310 e. The molecule has 0 saturated heterocycles. The first-order chi connectivity index (χ1) is 6.64. The van der Waals surface area contributed by atoms with Crippen molar-refractivity contribution < 1.29 is 0 Å². The van der Waals surface area contributed by atoms with E-state index in [-0.39, 0.29) is 5.41 Å². The highest BCUT2D eigenvalue weighted by Crippen LogP contribution is 2.10. The fourth-order valence-corrected chi connectivity index (χ4v) is 1.05. The molecule has 1 N–H and O–H groups in total. The van der Waals surface area contributed by atoms with Crippen LogP contribution in [0.4, 0.5) is 0 Å². The quantitative estimate of drug-likeness (QED) is 0.784. The van der Waals surface area contributed by atoms with Crippen molar-refractivity contribution in [3.63, 3.8) is 0 Å². The Labute approximate surface area is 84.8 Å². The molecule has 3 heteroatoms. The lowest BCUT2D eigenvalue weighted by molar-refractivity contribution is 0.443. The molecule has 1 aromatic heterocycles. The van der Waals surface area contributed by atoms with E-state index >= 15 is 0 Å². The fourth-order valence-electron chi connectivity index (χ4n) is 1.05. The molecular weight excluding hydrogens is 174 g/mol. The van der Waals surface area contributed by atoms with Gasteiger partial charge in [-0.15, -0.1) is 0 Å². The molecule has 0 atom stereocenters. The monoisotopic (exact) mass is 189 g/mol. The van der Waals surface area contributed by atoms with Crippen molar-refractivity contribution >= 4 is 0 Å². The standard InChI is InChI=1S/C11H15N3/c1-11(2,8-12)9-13-7-10-5-3-4-6-14-10/h3-6,13H,7,9H2,1-2H3. The minimum atomic E-state index is -0.311. The van der Waals surface area contributed by atoms with Crippen LogP contribution in [0.5, 0.6) is 0 Å². The Bertz CT molecular complexity index is 311. The number of nitrogens with one attached hydrogen (secondary N) is 1. The third-order valence-electron chi connectivity index (χ3n) is 1.90. The van der Waals surface area contributed by atoms with Crippen molar-refractivity contribution in [2.45, 2.75) is 20.4 Å². The van der Waals surface area contributed by atoms with Crippen LogP contribution in [-0.2, 0) is 6.54 Å². The normalized spacial score (nSPS) is 10.9. The van der Waals surface area contributed by atoms with Crippen LogP contribution in [0.2, 0.25) is 0 Å². The summed E-state index contributed by atoms with van der Waals surface area (Å²) in [6.07, 6.45) is 1.77. The Morgan fingerprint density at radius 1 is 1.50 bits per heavy atom. The lowest BCUT2D eigenvalue weighted by Gasteiger charge is -2.15. The van der Waals surface area contributed by atoms with Crippen LogP contribution in [-0.4, -0.2) is 11.5 Å². The van der Waals surface area contributed by atoms with Crippen LogP contribution >= 0.6 is 0 Å². The molecule has 0 aromatic carbocycles. The third-order valence-corrected chi connectivity index (χ3v) is 1.90. The summed E-state index contributed by atoms with van der Waals surface area (Å²) in [6, 6.07) is 8.06. The molecule has 1 rings (SSSR count). The van der Waals surface area contributed by atoms with Crippen LogP contribution in [0, 0.1) is 16.7 Å². The van der Waals surface area contributed by atoms with Gasteiger partial charge >= 0.3 is 0 Å². The maximum atomic E-state index is 8.79. The first kappa shape index (κ1) is 10.7. The second kappa shape index (κ2) is 4.73. The average Bonchev–Trinajstić information content (AvgIpc) is 2.19. The van der Waals surface area contributed by atoms with Gasteiger partial charge in [0.15, 0.2) is 0 Å². The Hall–Kier alpha value is -1.40. The Morgan fingerprint density at radius 3 is 2.86 bits per heavy atom. The van der Waals surface area contributed by atoms with Gasteiger partial charge in [0.05, 0.1) is 17.2 Å². The zero-order valence-corrected chi connectivity index (χ0v) is 8.62. The van der Waals surface area contributed by atoms with Gasteiger partial charge < -0.3 is 5.32 Å². The molecule has 1 heterocycles. The molecule has 0 aliphatic heterocycles. The maximum Gasteiger partial charge on any atom is 0.0697 e. The second-order valence-electron chi connectivity index (χ2n) is 3.92. The summed E-state index contributed by atoms with van der Waals surface area (Å²) in [4.78, 5) is 4.18. The molecule has 0 bridgehead atoms. The second-order valence-corrected chi connectivity index (χ2v) is 3.92. The highest BCUT2D eigenvalue weighted by Gasteiger charge is 2.15. The van der Waals surface area contributed by atoms with E-state index in [9.17, 15) is 0 Å². The van der Waals surface area contributed by atoms with Crippen LogP contribution in [0.25, 0.3) is 0 Å². The Balaban J connectivity index is 2.34. The van der Waals surface area contributed by atoms with E-state index in [1.165, 1.54) is 0 Å². The first-order valence-corrected chi connectivity index (χ1v) is 4.66. The van der Waals surface area contributed by atoms with E-state index in [2.05, 4.69) is 16.4 Å². The molecule has 0 unspecified atom stereocenters. The van der Waals surface area contributed by atoms with Crippen molar-refractivity contribution in [2.75, 3.05) is 6.54 Å². The molecule has 0 saturated carbocycles. The van der Waals surface area contributed by atoms with Crippen molar-refractivity contribution in [1.29, 1.82) is 5.26 Å². The number of nitrogens with zero attached hydrogens (tertiary/aromatic N) is 2. The summed E-state index contributed by atoms with van der Waals surface area (Å²) in [5.74, 6) is 0. The third kappa shape index (κ3) is 3.55. The minimum absolute atomic E-state index is 0.311. The van der Waals surface area contributed by atoms with E-state index in [1.54, 1.807) is 6.20 Å². The van der Waals surface area contributed by atoms with Gasteiger partial charge in [0.2, 0.25) is 0 Å². The van der Waals surface area contributed by atoms with Gasteiger partial charge in [0, 0.05) is 19.3 Å². The van der Waals surface area contributed by atoms with Gasteiger partial charge in [0.25, 0.3) is 0 Å². The van der Waals surface area contributed by atoms with Crippen molar-refractivity contribution in [3.05, 3.63) is 30.1 Å². The smallest absolute Gasteiger partial charge is 0.0697 e. The molecule has 1 aromatic rings. The number of hydrogen-bond acceptors (Lipinski definition) is 3. The van der Waals surface area contributed by atoms with E-state index in [0.29, 0.717) is 13.1 Å². The summed E-state index contributed by atoms with van der Waals surface area (Å²) >= 11 is 0. The number of pyridine rings is 1. The van der Waals surface area contributed by atoms with Crippen LogP contribution < -0.4 is 5.32 Å². The van der Waals surface area contributed by atoms with Crippen LogP contribution in [0.15, 0.2) is 24.4 Å². The Morgan fingerprint density at radius 2 is 2.29 bits per heavy atom. The molecular formula is C11H15N3. The fraction of sp³-hybridized carbons (Fsp3) is 0.455. The van der Waals surface area contributed by atoms with Gasteiger partial charge in [-0.05, 0) is 26.0 Å². The summed E-state index contributed by atoms with van der Waals surface area (Å²) < 4.78 is 0. The molecule has 0 fully saturated rings. The number of rotatable bonds is 4. The lowest BCUT2D eigenvalue weighted by atomic mass is 9.96. The lowest BCUT2D eigenvalue weighted by Crippen LogP contribution is -2.27. The van der Waals surface area contributed by atoms with E-state index < -0.39 is 0 Å². The van der Waals surface area contributed by atoms with Crippen molar-refractivity contribution in [1.82, 2.24) is 10.3 Å². The SMILES string of the molecule is CC(C)(C#N)CNCc1ccccn1. The average molecular weight is 189 g/mol. The maximum absolute atomic E-state index is 8.79. The van der Waals surface area contributed by atoms with Crippen molar-refractivity contribution in [2.24, 2.45) is 5.41 Å². The number of aromatic nitrogens is 1. The molecule has 0 spiro atoms. The molecule has 0 aliphatic rings. The summed E-state index contributed by atoms with van der Waals surface area (Å²) in [6.45, 7) is 5.23. The predicted octanol–water partition coefficient (Wildman–Crippen LogP) is 1.72. The van der Waals surface area contributed by atoms with Crippen molar-refractivity contribution in [3.8, 4) is 6.07 Å². The van der Waals surface area contributed by atoms with Gasteiger partial charge in [-0.25, -0.2) is 0 Å². The molecule has 0 amide bonds. The van der Waals surface area contributed by atoms with E-state index in [1.807, 2.05) is 32.0 Å². The number of nitriles is 1. The zero-order chi connectivity index (χ0) is 10.4. The van der Waals surface area contributed by atoms with Gasteiger partial charge in [-0.3, -0.25) is 4.98 Å².